The van der Waals surface area contributed by atoms with Crippen molar-refractivity contribution in [2.75, 3.05) is 0 Å². The van der Waals surface area contributed by atoms with E-state index in [2.05, 4.69) is 24.9 Å². The molecule has 3 aromatic heterocycles. The van der Waals surface area contributed by atoms with Gasteiger partial charge in [-0.15, -0.1) is 0 Å². The minimum absolute atomic E-state index is 0. The Morgan fingerprint density at radius 2 is 0.789 bits per heavy atom. The molecule has 57 heavy (non-hydrogen) atoms. The van der Waals surface area contributed by atoms with E-state index in [1.54, 1.807) is 0 Å². The van der Waals surface area contributed by atoms with E-state index in [9.17, 15) is 38.9 Å². The molecule has 0 unspecified atom stereocenters. The van der Waals surface area contributed by atoms with Gasteiger partial charge < -0.3 is 29.9 Å². The van der Waals surface area contributed by atoms with Gasteiger partial charge in [-0.25, -0.2) is 9.97 Å². The SMILES string of the molecule is CC(C)(C)c1ccc2c(c1)-c1nc-2nc2[n-]c(nc3nc(nc4[n-]c(n1)c1cc(S(=O)(=O)O)ccc41)-c1cc(S(=O)(=O)O)ccc1-3)c1cc(S(=O)(=O)O)ccc21.[Zn+2]. The Labute approximate surface area is 335 Å². The van der Waals surface area contributed by atoms with E-state index in [4.69, 9.17) is 15.0 Å². The Hall–Kier alpha value is -5.41. The third-order valence-corrected chi connectivity index (χ3v) is 11.9. The minimum atomic E-state index is -4.70. The van der Waals surface area contributed by atoms with Crippen LogP contribution in [0.25, 0.3) is 89.7 Å². The summed E-state index contributed by atoms with van der Waals surface area (Å²) in [5.74, 6) is 0.160. The average molecular weight is 874 g/mol. The number of hydrogen-bond acceptors (Lipinski definition) is 12. The summed E-state index contributed by atoms with van der Waals surface area (Å²) in [7, 11) is -14.0. The fraction of sp³-hybridized carbons (Fsp3) is 0.111. The number of rotatable bonds is 3. The summed E-state index contributed by atoms with van der Waals surface area (Å²) in [4.78, 5) is 36.2. The summed E-state index contributed by atoms with van der Waals surface area (Å²) >= 11 is 0. The molecule has 7 aromatic rings. The van der Waals surface area contributed by atoms with Gasteiger partial charge in [0.05, 0.1) is 38.0 Å². The predicted molar refractivity (Wildman–Crippen MR) is 202 cm³/mol. The van der Waals surface area contributed by atoms with Crippen LogP contribution in [0.4, 0.5) is 0 Å². The van der Waals surface area contributed by atoms with E-state index >= 15 is 0 Å². The van der Waals surface area contributed by atoms with Gasteiger partial charge in [0.25, 0.3) is 30.4 Å². The Kier molecular flexibility index (Phi) is 8.64. The molecular weight excluding hydrogens is 850 g/mol. The first-order valence-electron chi connectivity index (χ1n) is 16.4. The van der Waals surface area contributed by atoms with E-state index in [0.29, 0.717) is 16.5 Å². The third kappa shape index (κ3) is 6.59. The average Bonchev–Trinajstić information content (AvgIpc) is 3.84. The van der Waals surface area contributed by atoms with Crippen LogP contribution in [-0.4, -0.2) is 68.8 Å². The van der Waals surface area contributed by atoms with Crippen molar-refractivity contribution in [3.63, 3.8) is 0 Å². The van der Waals surface area contributed by atoms with Gasteiger partial charge in [0, 0.05) is 44.8 Å². The Balaban J connectivity index is 0.00000455. The number of benzene rings is 4. The third-order valence-electron chi connectivity index (χ3n) is 9.37. The molecule has 0 saturated carbocycles. The van der Waals surface area contributed by atoms with Crippen LogP contribution >= 0.6 is 0 Å². The van der Waals surface area contributed by atoms with Crippen molar-refractivity contribution in [3.8, 4) is 45.6 Å². The fourth-order valence-corrected chi connectivity index (χ4v) is 8.07. The smallest absolute Gasteiger partial charge is 0.357 e. The van der Waals surface area contributed by atoms with Gasteiger partial charge in [-0.1, -0.05) is 51.1 Å². The molecule has 4 aromatic carbocycles. The fourth-order valence-electron chi connectivity index (χ4n) is 6.55. The quantitative estimate of drug-likeness (QED) is 0.153. The first-order valence-corrected chi connectivity index (χ1v) is 20.8. The second-order valence-corrected chi connectivity index (χ2v) is 18.3. The van der Waals surface area contributed by atoms with Gasteiger partial charge in [0.2, 0.25) is 0 Å². The van der Waals surface area contributed by atoms with Crippen LogP contribution in [0.2, 0.25) is 0 Å². The van der Waals surface area contributed by atoms with Gasteiger partial charge in [-0.2, -0.15) is 25.3 Å². The van der Waals surface area contributed by atoms with Crippen LogP contribution in [0.1, 0.15) is 26.3 Å². The van der Waals surface area contributed by atoms with Crippen LogP contribution in [0.5, 0.6) is 0 Å². The standard InChI is InChI=1S/C36H24N8O9S3.Zn/c1-36(2,3)16-4-8-20-24(12-16)32-38-28(20)37-29-21-9-5-17(54(45,46)47)13-25(21)33(39-29)40-30-22-10-6-18(55(48,49)50)14-26(22)34(41-30)42-31-23-11-7-19(56(51,52)53)15-27(23)35(43-31)44-32;/h4-15H,1-3H3,(H3-2,37,38,39,40,41,42,43,44,45,46,47,48,49,50,51,52,53);/q-2;+2. The molecule has 0 amide bonds. The molecule has 0 radical (unpaired) electrons. The first-order chi connectivity index (χ1) is 26.2. The van der Waals surface area contributed by atoms with E-state index in [-0.39, 0.29) is 98.1 Å². The molecule has 3 N–H and O–H groups in total. The van der Waals surface area contributed by atoms with Crippen LogP contribution in [0, 0.1) is 0 Å². The van der Waals surface area contributed by atoms with Gasteiger partial charge in [0.15, 0.2) is 0 Å². The molecule has 0 fully saturated rings. The molecule has 282 valence electrons. The molecule has 0 spiro atoms. The first kappa shape index (κ1) is 38.5. The van der Waals surface area contributed by atoms with Gasteiger partial charge >= 0.3 is 19.5 Å². The van der Waals surface area contributed by atoms with Gasteiger partial charge in [-0.3, -0.25) is 13.7 Å². The predicted octanol–water partition coefficient (Wildman–Crippen LogP) is 5.16. The zero-order chi connectivity index (χ0) is 39.7. The van der Waals surface area contributed by atoms with E-state index < -0.39 is 45.0 Å². The summed E-state index contributed by atoms with van der Waals surface area (Å²) in [6, 6.07) is 16.8. The summed E-state index contributed by atoms with van der Waals surface area (Å²) in [5.41, 5.74) is 2.06. The monoisotopic (exact) mass is 872 g/mol. The van der Waals surface area contributed by atoms with E-state index in [1.807, 2.05) is 39.0 Å². The number of aromatic nitrogens is 8. The Morgan fingerprint density at radius 3 is 1.21 bits per heavy atom. The van der Waals surface area contributed by atoms with Crippen LogP contribution in [-0.2, 0) is 55.2 Å². The second-order valence-electron chi connectivity index (χ2n) is 14.0. The maximum absolute atomic E-state index is 12.3. The van der Waals surface area contributed by atoms with E-state index in [0.717, 1.165) is 23.8 Å². The zero-order valence-electron chi connectivity index (χ0n) is 29.7. The molecule has 5 heterocycles. The Bertz CT molecular complexity index is 3460. The molecule has 0 atom stereocenters. The molecule has 17 nitrogen and oxygen atoms in total. The van der Waals surface area contributed by atoms with Gasteiger partial charge in [0.1, 0.15) is 0 Å². The summed E-state index contributed by atoms with van der Waals surface area (Å²) in [5, 5.41) is 0.960. The number of hydrogen-bond donors (Lipinski definition) is 3. The van der Waals surface area contributed by atoms with Crippen LogP contribution < -0.4 is 9.97 Å². The van der Waals surface area contributed by atoms with Crippen molar-refractivity contribution in [2.24, 2.45) is 0 Å². The number of fused-ring (bicyclic) bond motifs is 20. The van der Waals surface area contributed by atoms with Crippen molar-refractivity contribution in [1.82, 2.24) is 39.9 Å². The van der Waals surface area contributed by atoms with Crippen molar-refractivity contribution < 1.29 is 58.4 Å². The van der Waals surface area contributed by atoms with Crippen molar-refractivity contribution in [2.45, 2.75) is 40.9 Å². The van der Waals surface area contributed by atoms with Crippen LogP contribution in [0.15, 0.2) is 87.5 Å². The van der Waals surface area contributed by atoms with Gasteiger partial charge in [-0.05, 0) is 75.0 Å². The van der Waals surface area contributed by atoms with Crippen molar-refractivity contribution in [1.29, 1.82) is 0 Å². The van der Waals surface area contributed by atoms with E-state index in [1.165, 1.54) is 36.4 Å². The zero-order valence-corrected chi connectivity index (χ0v) is 35.1. The molecule has 0 aliphatic carbocycles. The molecule has 9 rings (SSSR count). The maximum Gasteiger partial charge on any atom is 2.00 e. The normalized spacial score (nSPS) is 13.0. The van der Waals surface area contributed by atoms with Crippen molar-refractivity contribution in [3.05, 3.63) is 78.4 Å². The number of nitrogens with zero attached hydrogens (tertiary/aromatic N) is 8. The molecule has 2 aliphatic heterocycles. The maximum atomic E-state index is 12.3. The summed E-state index contributed by atoms with van der Waals surface area (Å²) < 4.78 is 103. The molecule has 0 saturated heterocycles. The topological polar surface area (TPSA) is 269 Å². The van der Waals surface area contributed by atoms with Crippen LogP contribution in [0.3, 0.4) is 0 Å². The second kappa shape index (κ2) is 12.8. The van der Waals surface area contributed by atoms with Crippen molar-refractivity contribution >= 4 is 74.5 Å². The molecular formula is C36H24N8O9S3Zn. The molecule has 21 heteroatoms. The minimum Gasteiger partial charge on any atom is -0.357 e. The summed E-state index contributed by atoms with van der Waals surface area (Å²) in [6.45, 7) is 6.09. The largest absolute Gasteiger partial charge is 2.00 e. The Morgan fingerprint density at radius 1 is 0.439 bits per heavy atom. The summed E-state index contributed by atoms with van der Waals surface area (Å²) in [6.07, 6.45) is 0. The molecule has 2 aliphatic rings. The molecule has 8 bridgehead atoms.